The molecule has 116 valence electrons. The second-order valence-corrected chi connectivity index (χ2v) is 5.46. The molecule has 0 unspecified atom stereocenters. The molecule has 0 saturated carbocycles. The first-order chi connectivity index (χ1) is 10.0. The SMILES string of the molecule is CCOC(=O)c1nnn(CC(=O)N2CCC(C)CC2)c1C. The second-order valence-electron chi connectivity index (χ2n) is 5.46. The maximum Gasteiger partial charge on any atom is 0.360 e. The van der Waals surface area contributed by atoms with Gasteiger partial charge in [-0.25, -0.2) is 9.48 Å². The fourth-order valence-corrected chi connectivity index (χ4v) is 2.38. The highest BCUT2D eigenvalue weighted by Crippen LogP contribution is 2.16. The third-order valence-corrected chi connectivity index (χ3v) is 3.87. The third kappa shape index (κ3) is 3.59. The molecular weight excluding hydrogens is 272 g/mol. The number of aromatic nitrogens is 3. The van der Waals surface area contributed by atoms with E-state index in [2.05, 4.69) is 17.2 Å². The number of nitrogens with zero attached hydrogens (tertiary/aromatic N) is 4. The van der Waals surface area contributed by atoms with Crippen LogP contribution in [0, 0.1) is 12.8 Å². The second kappa shape index (κ2) is 6.69. The molecular formula is C14H22N4O3. The first-order valence-electron chi connectivity index (χ1n) is 7.38. The van der Waals surface area contributed by atoms with E-state index in [1.165, 1.54) is 4.68 Å². The van der Waals surface area contributed by atoms with Crippen LogP contribution >= 0.6 is 0 Å². The van der Waals surface area contributed by atoms with Gasteiger partial charge < -0.3 is 9.64 Å². The predicted molar refractivity (Wildman–Crippen MR) is 75.7 cm³/mol. The molecule has 1 aliphatic heterocycles. The van der Waals surface area contributed by atoms with Crippen molar-refractivity contribution in [2.45, 2.75) is 40.2 Å². The van der Waals surface area contributed by atoms with Gasteiger partial charge in [-0.1, -0.05) is 12.1 Å². The molecule has 0 bridgehead atoms. The number of ether oxygens (including phenoxy) is 1. The Labute approximate surface area is 124 Å². The van der Waals surface area contributed by atoms with Crippen LogP contribution in [-0.2, 0) is 16.1 Å². The molecule has 2 heterocycles. The van der Waals surface area contributed by atoms with Gasteiger partial charge in [0.05, 0.1) is 12.3 Å². The van der Waals surface area contributed by atoms with Crippen molar-refractivity contribution in [3.8, 4) is 0 Å². The summed E-state index contributed by atoms with van der Waals surface area (Å²) in [5, 5.41) is 7.70. The number of carbonyl (C=O) groups excluding carboxylic acids is 2. The first kappa shape index (κ1) is 15.5. The Kier molecular flexibility index (Phi) is 4.93. The quantitative estimate of drug-likeness (QED) is 0.775. The van der Waals surface area contributed by atoms with Crippen LogP contribution in [0.4, 0.5) is 0 Å². The maximum atomic E-state index is 12.3. The molecule has 1 aliphatic rings. The van der Waals surface area contributed by atoms with E-state index in [0.717, 1.165) is 25.9 Å². The Hall–Kier alpha value is -1.92. The van der Waals surface area contributed by atoms with Gasteiger partial charge in [-0.2, -0.15) is 0 Å². The van der Waals surface area contributed by atoms with Crippen LogP contribution in [0.1, 0.15) is 42.9 Å². The normalized spacial score (nSPS) is 16.0. The van der Waals surface area contributed by atoms with Crippen molar-refractivity contribution in [3.05, 3.63) is 11.4 Å². The van der Waals surface area contributed by atoms with Gasteiger partial charge in [0.25, 0.3) is 0 Å². The van der Waals surface area contributed by atoms with E-state index in [9.17, 15) is 9.59 Å². The fraction of sp³-hybridized carbons (Fsp3) is 0.714. The van der Waals surface area contributed by atoms with Crippen molar-refractivity contribution in [2.75, 3.05) is 19.7 Å². The largest absolute Gasteiger partial charge is 0.461 e. The molecule has 0 spiro atoms. The van der Waals surface area contributed by atoms with Crippen molar-refractivity contribution in [3.63, 3.8) is 0 Å². The van der Waals surface area contributed by atoms with E-state index in [0.29, 0.717) is 11.6 Å². The highest BCUT2D eigenvalue weighted by molar-refractivity contribution is 5.88. The Morgan fingerprint density at radius 3 is 2.62 bits per heavy atom. The number of esters is 1. The van der Waals surface area contributed by atoms with E-state index >= 15 is 0 Å². The molecule has 0 aromatic carbocycles. The van der Waals surface area contributed by atoms with Gasteiger partial charge in [-0.05, 0) is 32.6 Å². The van der Waals surface area contributed by atoms with Crippen LogP contribution in [0.15, 0.2) is 0 Å². The number of likely N-dealkylation sites (tertiary alicyclic amines) is 1. The van der Waals surface area contributed by atoms with Crippen LogP contribution in [0.2, 0.25) is 0 Å². The average Bonchev–Trinajstić information content (AvgIpc) is 2.81. The summed E-state index contributed by atoms with van der Waals surface area (Å²) in [5.41, 5.74) is 0.740. The Morgan fingerprint density at radius 2 is 2.00 bits per heavy atom. The van der Waals surface area contributed by atoms with Crippen molar-refractivity contribution in [1.82, 2.24) is 19.9 Å². The Morgan fingerprint density at radius 1 is 1.33 bits per heavy atom. The minimum atomic E-state index is -0.500. The zero-order valence-corrected chi connectivity index (χ0v) is 12.8. The van der Waals surface area contributed by atoms with Crippen molar-refractivity contribution < 1.29 is 14.3 Å². The van der Waals surface area contributed by atoms with Gasteiger partial charge in [0.2, 0.25) is 5.91 Å². The van der Waals surface area contributed by atoms with Gasteiger partial charge in [0, 0.05) is 13.1 Å². The lowest BCUT2D eigenvalue weighted by molar-refractivity contribution is -0.133. The zero-order valence-electron chi connectivity index (χ0n) is 12.8. The van der Waals surface area contributed by atoms with Crippen molar-refractivity contribution in [2.24, 2.45) is 5.92 Å². The summed E-state index contributed by atoms with van der Waals surface area (Å²) in [7, 11) is 0. The maximum absolute atomic E-state index is 12.3. The van der Waals surface area contributed by atoms with E-state index < -0.39 is 5.97 Å². The van der Waals surface area contributed by atoms with Crippen LogP contribution < -0.4 is 0 Å². The molecule has 0 atom stereocenters. The number of hydrogen-bond acceptors (Lipinski definition) is 5. The standard InChI is InChI=1S/C14H22N4O3/c1-4-21-14(20)13-11(3)18(16-15-13)9-12(19)17-7-5-10(2)6-8-17/h10H,4-9H2,1-3H3. The number of hydrogen-bond donors (Lipinski definition) is 0. The Bertz CT molecular complexity index is 518. The minimum absolute atomic E-state index is 0.0188. The topological polar surface area (TPSA) is 77.3 Å². The average molecular weight is 294 g/mol. The molecule has 7 nitrogen and oxygen atoms in total. The summed E-state index contributed by atoms with van der Waals surface area (Å²) in [6.45, 7) is 7.64. The summed E-state index contributed by atoms with van der Waals surface area (Å²) < 4.78 is 6.37. The minimum Gasteiger partial charge on any atom is -0.461 e. The lowest BCUT2D eigenvalue weighted by Gasteiger charge is -2.30. The number of rotatable bonds is 4. The van der Waals surface area contributed by atoms with Crippen LogP contribution in [0.25, 0.3) is 0 Å². The summed E-state index contributed by atoms with van der Waals surface area (Å²) in [6.07, 6.45) is 2.08. The molecule has 1 amide bonds. The van der Waals surface area contributed by atoms with E-state index in [-0.39, 0.29) is 24.8 Å². The molecule has 1 aromatic rings. The molecule has 1 saturated heterocycles. The number of piperidine rings is 1. The van der Waals surface area contributed by atoms with Crippen molar-refractivity contribution >= 4 is 11.9 Å². The lowest BCUT2D eigenvalue weighted by Crippen LogP contribution is -2.40. The van der Waals surface area contributed by atoms with Crippen LogP contribution in [-0.4, -0.2) is 51.5 Å². The fourth-order valence-electron chi connectivity index (χ4n) is 2.38. The number of carbonyl (C=O) groups is 2. The summed E-state index contributed by atoms with van der Waals surface area (Å²) in [4.78, 5) is 25.8. The zero-order chi connectivity index (χ0) is 15.4. The van der Waals surface area contributed by atoms with E-state index in [1.807, 2.05) is 4.90 Å². The summed E-state index contributed by atoms with van der Waals surface area (Å²) in [6, 6.07) is 0. The van der Waals surface area contributed by atoms with Gasteiger partial charge in [0.1, 0.15) is 6.54 Å². The molecule has 0 aliphatic carbocycles. The highest BCUT2D eigenvalue weighted by Gasteiger charge is 2.23. The van der Waals surface area contributed by atoms with Crippen LogP contribution in [0.5, 0.6) is 0 Å². The molecule has 1 aromatic heterocycles. The highest BCUT2D eigenvalue weighted by atomic mass is 16.5. The molecule has 0 radical (unpaired) electrons. The monoisotopic (exact) mass is 294 g/mol. The van der Waals surface area contributed by atoms with Gasteiger partial charge in [-0.15, -0.1) is 5.10 Å². The lowest BCUT2D eigenvalue weighted by atomic mass is 9.99. The Balaban J connectivity index is 2.00. The predicted octanol–water partition coefficient (Wildman–Crippen LogP) is 1.02. The van der Waals surface area contributed by atoms with Gasteiger partial charge in [0.15, 0.2) is 5.69 Å². The molecule has 0 N–H and O–H groups in total. The smallest absolute Gasteiger partial charge is 0.360 e. The molecule has 7 heteroatoms. The van der Waals surface area contributed by atoms with Crippen molar-refractivity contribution in [1.29, 1.82) is 0 Å². The number of amides is 1. The van der Waals surface area contributed by atoms with Gasteiger partial charge >= 0.3 is 5.97 Å². The molecule has 2 rings (SSSR count). The third-order valence-electron chi connectivity index (χ3n) is 3.87. The van der Waals surface area contributed by atoms with Gasteiger partial charge in [-0.3, -0.25) is 4.79 Å². The van der Waals surface area contributed by atoms with Crippen LogP contribution in [0.3, 0.4) is 0 Å². The summed E-state index contributed by atoms with van der Waals surface area (Å²) in [5.74, 6) is 0.198. The molecule has 21 heavy (non-hydrogen) atoms. The molecule has 1 fully saturated rings. The first-order valence-corrected chi connectivity index (χ1v) is 7.38. The summed E-state index contributed by atoms with van der Waals surface area (Å²) >= 11 is 0. The van der Waals surface area contributed by atoms with E-state index in [1.54, 1.807) is 13.8 Å². The van der Waals surface area contributed by atoms with E-state index in [4.69, 9.17) is 4.74 Å².